The van der Waals surface area contributed by atoms with Crippen LogP contribution in [0.15, 0.2) is 22.7 Å². The summed E-state index contributed by atoms with van der Waals surface area (Å²) in [4.78, 5) is 14.5. The highest BCUT2D eigenvalue weighted by Gasteiger charge is 2.07. The van der Waals surface area contributed by atoms with Crippen LogP contribution in [0.2, 0.25) is 0 Å². The third-order valence-corrected chi connectivity index (χ3v) is 3.10. The van der Waals surface area contributed by atoms with Crippen molar-refractivity contribution < 1.29 is 9.53 Å². The summed E-state index contributed by atoms with van der Waals surface area (Å²) in [6.45, 7) is 2.46. The molecule has 18 heavy (non-hydrogen) atoms. The molecule has 0 radical (unpaired) electrons. The minimum Gasteiger partial charge on any atom is -0.495 e. The number of ether oxygens (including phenoxy) is 1. The van der Waals surface area contributed by atoms with Crippen LogP contribution in [0.25, 0.3) is 10.9 Å². The first-order valence-electron chi connectivity index (χ1n) is 5.55. The average Bonchev–Trinajstić information content (AvgIpc) is 2.69. The SMILES string of the molecule is CCNC(=O)Nc1cc2cc(Br)c(OC)cc2[nH]1. The first-order chi connectivity index (χ1) is 8.63. The molecule has 6 heteroatoms. The Balaban J connectivity index is 2.29. The van der Waals surface area contributed by atoms with Gasteiger partial charge < -0.3 is 15.0 Å². The number of halogens is 1. The van der Waals surface area contributed by atoms with Crippen molar-refractivity contribution in [2.45, 2.75) is 6.92 Å². The molecule has 0 atom stereocenters. The topological polar surface area (TPSA) is 66.2 Å². The Labute approximate surface area is 113 Å². The largest absolute Gasteiger partial charge is 0.495 e. The van der Waals surface area contributed by atoms with E-state index >= 15 is 0 Å². The monoisotopic (exact) mass is 311 g/mol. The minimum atomic E-state index is -0.227. The predicted molar refractivity (Wildman–Crippen MR) is 75.2 cm³/mol. The maximum Gasteiger partial charge on any atom is 0.320 e. The van der Waals surface area contributed by atoms with Crippen molar-refractivity contribution in [3.8, 4) is 5.75 Å². The number of aromatic nitrogens is 1. The Kier molecular flexibility index (Phi) is 3.76. The molecule has 3 N–H and O–H groups in total. The summed E-state index contributed by atoms with van der Waals surface area (Å²) >= 11 is 3.42. The lowest BCUT2D eigenvalue weighted by molar-refractivity contribution is 0.252. The van der Waals surface area contributed by atoms with E-state index in [1.807, 2.05) is 25.1 Å². The zero-order valence-corrected chi connectivity index (χ0v) is 11.7. The van der Waals surface area contributed by atoms with E-state index in [2.05, 4.69) is 31.5 Å². The van der Waals surface area contributed by atoms with Crippen LogP contribution in [-0.4, -0.2) is 24.7 Å². The Bertz CT molecular complexity index is 580. The fourth-order valence-electron chi connectivity index (χ4n) is 1.68. The van der Waals surface area contributed by atoms with Crippen molar-refractivity contribution in [1.82, 2.24) is 10.3 Å². The first kappa shape index (κ1) is 12.8. The molecule has 1 aromatic carbocycles. The van der Waals surface area contributed by atoms with Gasteiger partial charge in [0.2, 0.25) is 0 Å². The number of fused-ring (bicyclic) bond motifs is 1. The van der Waals surface area contributed by atoms with Crippen molar-refractivity contribution in [3.63, 3.8) is 0 Å². The molecule has 1 heterocycles. The Morgan fingerprint density at radius 1 is 1.44 bits per heavy atom. The number of benzene rings is 1. The number of rotatable bonds is 3. The van der Waals surface area contributed by atoms with Gasteiger partial charge in [-0.2, -0.15) is 0 Å². The first-order valence-corrected chi connectivity index (χ1v) is 6.34. The number of hydrogen-bond donors (Lipinski definition) is 3. The second-order valence-electron chi connectivity index (χ2n) is 3.74. The van der Waals surface area contributed by atoms with Gasteiger partial charge in [0.1, 0.15) is 11.6 Å². The van der Waals surface area contributed by atoms with E-state index in [0.717, 1.165) is 21.1 Å². The summed E-state index contributed by atoms with van der Waals surface area (Å²) in [5.74, 6) is 1.39. The van der Waals surface area contributed by atoms with Gasteiger partial charge in [0.05, 0.1) is 17.1 Å². The number of urea groups is 1. The van der Waals surface area contributed by atoms with Gasteiger partial charge in [0.25, 0.3) is 0 Å². The van der Waals surface area contributed by atoms with E-state index in [1.165, 1.54) is 0 Å². The van der Waals surface area contributed by atoms with E-state index in [9.17, 15) is 4.79 Å². The standard InChI is InChI=1S/C12H14BrN3O2/c1-3-14-12(17)16-11-5-7-4-8(13)10(18-2)6-9(7)15-11/h4-6,15H,3H2,1-2H3,(H2,14,16,17). The molecule has 0 spiro atoms. The van der Waals surface area contributed by atoms with Crippen LogP contribution in [0.5, 0.6) is 5.75 Å². The summed E-state index contributed by atoms with van der Waals surface area (Å²) in [5, 5.41) is 6.39. The molecule has 0 fully saturated rings. The number of aromatic amines is 1. The molecule has 0 saturated carbocycles. The molecule has 2 amide bonds. The number of amides is 2. The fraction of sp³-hybridized carbons (Fsp3) is 0.250. The van der Waals surface area contributed by atoms with E-state index in [-0.39, 0.29) is 6.03 Å². The molecular weight excluding hydrogens is 298 g/mol. The van der Waals surface area contributed by atoms with E-state index in [0.29, 0.717) is 12.4 Å². The number of carbonyl (C=O) groups excluding carboxylic acids is 1. The van der Waals surface area contributed by atoms with Crippen LogP contribution in [0.4, 0.5) is 10.6 Å². The van der Waals surface area contributed by atoms with Crippen LogP contribution in [0.1, 0.15) is 6.92 Å². The van der Waals surface area contributed by atoms with E-state index in [4.69, 9.17) is 4.74 Å². The highest BCUT2D eigenvalue weighted by Crippen LogP contribution is 2.31. The van der Waals surface area contributed by atoms with Crippen molar-refractivity contribution >= 4 is 38.7 Å². The Hall–Kier alpha value is -1.69. The number of nitrogens with one attached hydrogen (secondary N) is 3. The fourth-order valence-corrected chi connectivity index (χ4v) is 2.21. The Morgan fingerprint density at radius 3 is 2.89 bits per heavy atom. The molecule has 0 saturated heterocycles. The van der Waals surface area contributed by atoms with Crippen LogP contribution in [-0.2, 0) is 0 Å². The summed E-state index contributed by atoms with van der Waals surface area (Å²) in [7, 11) is 1.61. The molecule has 0 aliphatic heterocycles. The molecule has 0 aliphatic carbocycles. The third kappa shape index (κ3) is 2.59. The number of hydrogen-bond acceptors (Lipinski definition) is 2. The number of carbonyl (C=O) groups is 1. The van der Waals surface area contributed by atoms with Gasteiger partial charge in [-0.1, -0.05) is 0 Å². The van der Waals surface area contributed by atoms with Gasteiger partial charge in [0.15, 0.2) is 0 Å². The van der Waals surface area contributed by atoms with Gasteiger partial charge >= 0.3 is 6.03 Å². The van der Waals surface area contributed by atoms with Gasteiger partial charge in [-0.15, -0.1) is 0 Å². The van der Waals surface area contributed by atoms with Crippen LogP contribution in [0, 0.1) is 0 Å². The summed E-state index contributed by atoms with van der Waals surface area (Å²) in [6.07, 6.45) is 0. The molecule has 2 aromatic rings. The molecule has 1 aromatic heterocycles. The van der Waals surface area contributed by atoms with Gasteiger partial charge in [-0.3, -0.25) is 5.32 Å². The van der Waals surface area contributed by atoms with Gasteiger partial charge in [-0.25, -0.2) is 4.79 Å². The maximum absolute atomic E-state index is 11.4. The van der Waals surface area contributed by atoms with Crippen molar-refractivity contribution in [3.05, 3.63) is 22.7 Å². The summed E-state index contributed by atoms with van der Waals surface area (Å²) < 4.78 is 6.09. The summed E-state index contributed by atoms with van der Waals surface area (Å²) in [5.41, 5.74) is 0.904. The van der Waals surface area contributed by atoms with E-state index < -0.39 is 0 Å². The zero-order chi connectivity index (χ0) is 13.1. The number of anilines is 1. The van der Waals surface area contributed by atoms with Crippen molar-refractivity contribution in [2.75, 3.05) is 19.0 Å². The second kappa shape index (κ2) is 5.30. The third-order valence-electron chi connectivity index (χ3n) is 2.48. The minimum absolute atomic E-state index is 0.227. The lowest BCUT2D eigenvalue weighted by Crippen LogP contribution is -2.28. The molecule has 0 unspecified atom stereocenters. The maximum atomic E-state index is 11.4. The van der Waals surface area contributed by atoms with Crippen molar-refractivity contribution in [1.29, 1.82) is 0 Å². The number of H-pyrrole nitrogens is 1. The van der Waals surface area contributed by atoms with Crippen molar-refractivity contribution in [2.24, 2.45) is 0 Å². The summed E-state index contributed by atoms with van der Waals surface area (Å²) in [6, 6.07) is 5.46. The van der Waals surface area contributed by atoms with Gasteiger partial charge in [-0.05, 0) is 35.0 Å². The molecule has 5 nitrogen and oxygen atoms in total. The molecule has 2 rings (SSSR count). The molecule has 0 bridgehead atoms. The van der Waals surface area contributed by atoms with E-state index in [1.54, 1.807) is 7.11 Å². The van der Waals surface area contributed by atoms with Crippen LogP contribution in [0.3, 0.4) is 0 Å². The molecule has 96 valence electrons. The Morgan fingerprint density at radius 2 is 2.22 bits per heavy atom. The van der Waals surface area contributed by atoms with Gasteiger partial charge in [0, 0.05) is 18.0 Å². The number of methoxy groups -OCH3 is 1. The second-order valence-corrected chi connectivity index (χ2v) is 4.60. The lowest BCUT2D eigenvalue weighted by atomic mass is 10.2. The lowest BCUT2D eigenvalue weighted by Gasteiger charge is -2.02. The smallest absolute Gasteiger partial charge is 0.320 e. The predicted octanol–water partition coefficient (Wildman–Crippen LogP) is 3.08. The zero-order valence-electron chi connectivity index (χ0n) is 10.1. The van der Waals surface area contributed by atoms with Crippen LogP contribution < -0.4 is 15.4 Å². The molecular formula is C12H14BrN3O2. The average molecular weight is 312 g/mol. The highest BCUT2D eigenvalue weighted by molar-refractivity contribution is 9.10. The molecule has 0 aliphatic rings. The highest BCUT2D eigenvalue weighted by atomic mass is 79.9. The van der Waals surface area contributed by atoms with Crippen LogP contribution >= 0.6 is 15.9 Å². The normalized spacial score (nSPS) is 10.4. The quantitative estimate of drug-likeness (QED) is 0.815.